The van der Waals surface area contributed by atoms with E-state index >= 15 is 0 Å². The number of benzene rings is 1. The second kappa shape index (κ2) is 6.50. The third kappa shape index (κ3) is 4.51. The minimum absolute atomic E-state index is 0.000520. The Kier molecular flexibility index (Phi) is 5.28. The number of Topliss-reactive ketones (excluding diaryl/α,β-unsaturated/α-hetero) is 1. The van der Waals surface area contributed by atoms with Crippen LogP contribution in [-0.2, 0) is 16.1 Å². The maximum atomic E-state index is 12.2. The molecular formula is C16H23NO2. The van der Waals surface area contributed by atoms with Crippen molar-refractivity contribution in [1.29, 1.82) is 0 Å². The van der Waals surface area contributed by atoms with Crippen LogP contribution in [0.1, 0.15) is 39.7 Å². The highest BCUT2D eigenvalue weighted by atomic mass is 16.2. The molecule has 0 heterocycles. The van der Waals surface area contributed by atoms with E-state index in [0.29, 0.717) is 13.0 Å². The van der Waals surface area contributed by atoms with Gasteiger partial charge < -0.3 is 5.32 Å². The van der Waals surface area contributed by atoms with Gasteiger partial charge in [0, 0.05) is 12.0 Å². The van der Waals surface area contributed by atoms with Gasteiger partial charge in [0.1, 0.15) is 0 Å². The van der Waals surface area contributed by atoms with Crippen LogP contribution >= 0.6 is 0 Å². The Labute approximate surface area is 115 Å². The molecule has 1 unspecified atom stereocenters. The van der Waals surface area contributed by atoms with E-state index in [9.17, 15) is 9.59 Å². The third-order valence-electron chi connectivity index (χ3n) is 3.09. The molecule has 1 aromatic rings. The molecule has 19 heavy (non-hydrogen) atoms. The first kappa shape index (κ1) is 15.4. The third-order valence-corrected chi connectivity index (χ3v) is 3.09. The molecule has 104 valence electrons. The van der Waals surface area contributed by atoms with E-state index in [-0.39, 0.29) is 11.7 Å². The van der Waals surface area contributed by atoms with Crippen molar-refractivity contribution in [2.45, 2.75) is 40.7 Å². The number of carbonyl (C=O) groups excluding carboxylic acids is 2. The van der Waals surface area contributed by atoms with Crippen LogP contribution in [0.3, 0.4) is 0 Å². The lowest BCUT2D eigenvalue weighted by Gasteiger charge is -2.23. The summed E-state index contributed by atoms with van der Waals surface area (Å²) in [4.78, 5) is 24.3. The summed E-state index contributed by atoms with van der Waals surface area (Å²) in [5, 5.41) is 2.84. The molecule has 1 amide bonds. The van der Waals surface area contributed by atoms with Crippen LogP contribution in [0, 0.1) is 11.3 Å². The van der Waals surface area contributed by atoms with Crippen LogP contribution in [0.5, 0.6) is 0 Å². The zero-order valence-electron chi connectivity index (χ0n) is 12.2. The average molecular weight is 261 g/mol. The highest BCUT2D eigenvalue weighted by molar-refractivity contribution is 6.03. The van der Waals surface area contributed by atoms with Crippen molar-refractivity contribution in [2.75, 3.05) is 0 Å². The predicted octanol–water partition coefficient (Wildman–Crippen LogP) is 2.94. The summed E-state index contributed by atoms with van der Waals surface area (Å²) in [6.45, 7) is 7.89. The molecule has 3 heteroatoms. The molecule has 0 saturated carbocycles. The lowest BCUT2D eigenvalue weighted by atomic mass is 9.81. The zero-order valence-corrected chi connectivity index (χ0v) is 12.2. The molecule has 0 aliphatic rings. The molecule has 0 aliphatic carbocycles. The first-order valence-electron chi connectivity index (χ1n) is 6.72. The second-order valence-electron chi connectivity index (χ2n) is 5.78. The lowest BCUT2D eigenvalue weighted by molar-refractivity contribution is -0.138. The smallest absolute Gasteiger partial charge is 0.230 e. The lowest BCUT2D eigenvalue weighted by Crippen LogP contribution is -2.39. The van der Waals surface area contributed by atoms with Gasteiger partial charge in [0.05, 0.1) is 5.92 Å². The van der Waals surface area contributed by atoms with E-state index in [0.717, 1.165) is 5.56 Å². The maximum absolute atomic E-state index is 12.2. The Bertz CT molecular complexity index is 432. The standard InChI is InChI=1S/C16H23NO2/c1-5-13(14(18)16(2,3)4)15(19)17-11-12-9-7-6-8-10-12/h6-10,13H,5,11H2,1-4H3,(H,17,19). The number of hydrogen-bond donors (Lipinski definition) is 1. The van der Waals surface area contributed by atoms with Gasteiger partial charge in [0.15, 0.2) is 5.78 Å². The molecule has 0 fully saturated rings. The second-order valence-corrected chi connectivity index (χ2v) is 5.78. The Hall–Kier alpha value is -1.64. The van der Waals surface area contributed by atoms with E-state index in [1.165, 1.54) is 0 Å². The number of rotatable bonds is 5. The first-order valence-corrected chi connectivity index (χ1v) is 6.72. The highest BCUT2D eigenvalue weighted by Gasteiger charge is 2.32. The molecule has 1 aromatic carbocycles. The van der Waals surface area contributed by atoms with Gasteiger partial charge in [0.2, 0.25) is 5.91 Å². The van der Waals surface area contributed by atoms with E-state index in [2.05, 4.69) is 5.32 Å². The molecule has 0 aliphatic heterocycles. The summed E-state index contributed by atoms with van der Waals surface area (Å²) < 4.78 is 0. The molecule has 0 spiro atoms. The summed E-state index contributed by atoms with van der Waals surface area (Å²) in [5.74, 6) is -0.726. The predicted molar refractivity (Wildman–Crippen MR) is 76.5 cm³/mol. The quantitative estimate of drug-likeness (QED) is 0.828. The number of carbonyl (C=O) groups is 2. The molecule has 0 aromatic heterocycles. The van der Waals surface area contributed by atoms with Crippen molar-refractivity contribution in [3.8, 4) is 0 Å². The topological polar surface area (TPSA) is 46.2 Å². The normalized spacial score (nSPS) is 12.8. The van der Waals surface area contributed by atoms with Crippen LogP contribution in [0.2, 0.25) is 0 Å². The van der Waals surface area contributed by atoms with Gasteiger partial charge in [-0.1, -0.05) is 58.0 Å². The van der Waals surface area contributed by atoms with Gasteiger partial charge >= 0.3 is 0 Å². The summed E-state index contributed by atoms with van der Waals surface area (Å²) in [6.07, 6.45) is 0.538. The molecular weight excluding hydrogens is 238 g/mol. The van der Waals surface area contributed by atoms with E-state index in [1.54, 1.807) is 0 Å². The van der Waals surface area contributed by atoms with Crippen LogP contribution in [0.15, 0.2) is 30.3 Å². The van der Waals surface area contributed by atoms with Crippen LogP contribution in [0.25, 0.3) is 0 Å². The van der Waals surface area contributed by atoms with Crippen molar-refractivity contribution in [3.05, 3.63) is 35.9 Å². The molecule has 1 atom stereocenters. The van der Waals surface area contributed by atoms with Crippen molar-refractivity contribution in [2.24, 2.45) is 11.3 Å². The van der Waals surface area contributed by atoms with E-state index < -0.39 is 11.3 Å². The molecule has 1 N–H and O–H groups in total. The summed E-state index contributed by atoms with van der Waals surface area (Å²) in [7, 11) is 0. The minimum atomic E-state index is -0.552. The Morgan fingerprint density at radius 2 is 1.74 bits per heavy atom. The molecule has 0 radical (unpaired) electrons. The number of ketones is 1. The SMILES string of the molecule is CCC(C(=O)NCc1ccccc1)C(=O)C(C)(C)C. The van der Waals surface area contributed by atoms with E-state index in [4.69, 9.17) is 0 Å². The molecule has 0 bridgehead atoms. The fourth-order valence-corrected chi connectivity index (χ4v) is 1.92. The number of hydrogen-bond acceptors (Lipinski definition) is 2. The van der Waals surface area contributed by atoms with Gasteiger partial charge in [-0.15, -0.1) is 0 Å². The zero-order chi connectivity index (χ0) is 14.5. The number of nitrogens with one attached hydrogen (secondary N) is 1. The molecule has 0 saturated heterocycles. The van der Waals surface area contributed by atoms with Gasteiger partial charge in [-0.25, -0.2) is 0 Å². The number of amides is 1. The van der Waals surface area contributed by atoms with Crippen LogP contribution < -0.4 is 5.32 Å². The van der Waals surface area contributed by atoms with Gasteiger partial charge in [-0.05, 0) is 12.0 Å². The largest absolute Gasteiger partial charge is 0.351 e. The molecule has 3 nitrogen and oxygen atoms in total. The van der Waals surface area contributed by atoms with Gasteiger partial charge in [0.25, 0.3) is 0 Å². The summed E-state index contributed by atoms with van der Waals surface area (Å²) >= 11 is 0. The molecule has 1 rings (SSSR count). The Balaban J connectivity index is 2.63. The minimum Gasteiger partial charge on any atom is -0.351 e. The highest BCUT2D eigenvalue weighted by Crippen LogP contribution is 2.22. The monoisotopic (exact) mass is 261 g/mol. The van der Waals surface area contributed by atoms with Crippen molar-refractivity contribution in [1.82, 2.24) is 5.32 Å². The van der Waals surface area contributed by atoms with Gasteiger partial charge in [-0.2, -0.15) is 0 Å². The Morgan fingerprint density at radius 3 is 2.21 bits per heavy atom. The fraction of sp³-hybridized carbons (Fsp3) is 0.500. The summed E-state index contributed by atoms with van der Waals surface area (Å²) in [6, 6.07) is 9.70. The van der Waals surface area contributed by atoms with Gasteiger partial charge in [-0.3, -0.25) is 9.59 Å². The fourth-order valence-electron chi connectivity index (χ4n) is 1.92. The maximum Gasteiger partial charge on any atom is 0.230 e. The first-order chi connectivity index (χ1) is 8.86. The van der Waals surface area contributed by atoms with E-state index in [1.807, 2.05) is 58.0 Å². The Morgan fingerprint density at radius 1 is 1.16 bits per heavy atom. The van der Waals surface area contributed by atoms with Crippen LogP contribution in [-0.4, -0.2) is 11.7 Å². The van der Waals surface area contributed by atoms with Crippen molar-refractivity contribution in [3.63, 3.8) is 0 Å². The summed E-state index contributed by atoms with van der Waals surface area (Å²) in [5.41, 5.74) is 0.555. The van der Waals surface area contributed by atoms with Crippen molar-refractivity contribution < 1.29 is 9.59 Å². The van der Waals surface area contributed by atoms with Crippen molar-refractivity contribution >= 4 is 11.7 Å². The average Bonchev–Trinajstić information content (AvgIpc) is 2.37. The van der Waals surface area contributed by atoms with Crippen LogP contribution in [0.4, 0.5) is 0 Å².